The minimum absolute atomic E-state index is 0.0379. The van der Waals surface area contributed by atoms with Gasteiger partial charge < -0.3 is 10.6 Å². The smallest absolute Gasteiger partial charge is 0.222 e. The molecule has 1 fully saturated rings. The van der Waals surface area contributed by atoms with Crippen LogP contribution in [0.3, 0.4) is 0 Å². The van der Waals surface area contributed by atoms with Gasteiger partial charge in [-0.3, -0.25) is 4.79 Å². The van der Waals surface area contributed by atoms with Crippen molar-refractivity contribution >= 4 is 22.4 Å². The van der Waals surface area contributed by atoms with Gasteiger partial charge in [0.05, 0.1) is 10.8 Å². The molecule has 2 N–H and O–H groups in total. The van der Waals surface area contributed by atoms with Crippen molar-refractivity contribution in [2.24, 2.45) is 11.7 Å². The summed E-state index contributed by atoms with van der Waals surface area (Å²) >= 11 is 1.66. The molecule has 1 aromatic heterocycles. The molecule has 98 valence electrons. The third-order valence-corrected chi connectivity index (χ3v) is 4.52. The number of hydrogen-bond donors (Lipinski definition) is 1. The van der Waals surface area contributed by atoms with E-state index >= 15 is 0 Å². The predicted molar refractivity (Wildman–Crippen MR) is 77.1 cm³/mol. The quantitative estimate of drug-likeness (QED) is 0.932. The lowest BCUT2D eigenvalue weighted by molar-refractivity contribution is -0.121. The summed E-state index contributed by atoms with van der Waals surface area (Å²) in [6.45, 7) is 1.55. The minimum Gasteiger partial charge on any atom is -0.369 e. The van der Waals surface area contributed by atoms with Crippen LogP contribution in [0.5, 0.6) is 0 Å². The number of amides is 1. The summed E-state index contributed by atoms with van der Waals surface area (Å²) in [4.78, 5) is 18.9. The van der Waals surface area contributed by atoms with Crippen LogP contribution in [0.25, 0.3) is 10.4 Å². The van der Waals surface area contributed by atoms with Crippen LogP contribution in [0.1, 0.15) is 6.42 Å². The zero-order valence-electron chi connectivity index (χ0n) is 10.5. The van der Waals surface area contributed by atoms with Crippen molar-refractivity contribution in [3.8, 4) is 10.4 Å². The number of thiazole rings is 1. The van der Waals surface area contributed by atoms with Crippen LogP contribution in [-0.2, 0) is 4.79 Å². The number of primary amides is 1. The second-order valence-electron chi connectivity index (χ2n) is 4.71. The molecule has 1 aliphatic heterocycles. The molecule has 0 spiro atoms. The number of aromatic nitrogens is 1. The standard InChI is InChI=1S/C14H15N3OS/c15-13(18)11-6-7-17(9-11)14-16-8-12(19-14)10-4-2-1-3-5-10/h1-5,8,11H,6-7,9H2,(H2,15,18). The van der Waals surface area contributed by atoms with Gasteiger partial charge >= 0.3 is 0 Å². The van der Waals surface area contributed by atoms with E-state index in [1.807, 2.05) is 24.4 Å². The van der Waals surface area contributed by atoms with Crippen LogP contribution in [-0.4, -0.2) is 24.0 Å². The summed E-state index contributed by atoms with van der Waals surface area (Å²) in [7, 11) is 0. The molecule has 3 rings (SSSR count). The fourth-order valence-corrected chi connectivity index (χ4v) is 3.27. The summed E-state index contributed by atoms with van der Waals surface area (Å²) in [5.74, 6) is -0.244. The number of carbonyl (C=O) groups excluding carboxylic acids is 1. The fourth-order valence-electron chi connectivity index (χ4n) is 2.31. The number of rotatable bonds is 3. The first-order valence-electron chi connectivity index (χ1n) is 6.29. The molecule has 1 atom stereocenters. The Bertz CT molecular complexity index is 581. The molecule has 4 nitrogen and oxygen atoms in total. The first-order chi connectivity index (χ1) is 9.24. The summed E-state index contributed by atoms with van der Waals surface area (Å²) < 4.78 is 0. The van der Waals surface area contributed by atoms with Crippen LogP contribution in [0.4, 0.5) is 5.13 Å². The Kier molecular flexibility index (Phi) is 3.21. The molecule has 0 saturated carbocycles. The van der Waals surface area contributed by atoms with Crippen molar-refractivity contribution < 1.29 is 4.79 Å². The third-order valence-electron chi connectivity index (χ3n) is 3.41. The van der Waals surface area contributed by atoms with Crippen molar-refractivity contribution in [2.45, 2.75) is 6.42 Å². The topological polar surface area (TPSA) is 59.2 Å². The maximum absolute atomic E-state index is 11.2. The lowest BCUT2D eigenvalue weighted by atomic mass is 10.1. The van der Waals surface area contributed by atoms with Gasteiger partial charge in [0, 0.05) is 19.3 Å². The molecule has 19 heavy (non-hydrogen) atoms. The van der Waals surface area contributed by atoms with Gasteiger partial charge in [0.1, 0.15) is 0 Å². The van der Waals surface area contributed by atoms with Crippen LogP contribution in [0.15, 0.2) is 36.5 Å². The molecule has 5 heteroatoms. The third kappa shape index (κ3) is 2.46. The van der Waals surface area contributed by atoms with Gasteiger partial charge in [-0.2, -0.15) is 0 Å². The van der Waals surface area contributed by atoms with E-state index in [0.29, 0.717) is 6.54 Å². The zero-order chi connectivity index (χ0) is 13.2. The molecule has 1 aromatic carbocycles. The summed E-state index contributed by atoms with van der Waals surface area (Å²) in [5, 5.41) is 0.975. The Morgan fingerprint density at radius 1 is 1.37 bits per heavy atom. The van der Waals surface area contributed by atoms with Crippen LogP contribution < -0.4 is 10.6 Å². The monoisotopic (exact) mass is 273 g/mol. The normalized spacial score (nSPS) is 18.7. The van der Waals surface area contributed by atoms with Crippen molar-refractivity contribution in [2.75, 3.05) is 18.0 Å². The van der Waals surface area contributed by atoms with Gasteiger partial charge in [-0.25, -0.2) is 4.98 Å². The highest BCUT2D eigenvalue weighted by atomic mass is 32.1. The highest BCUT2D eigenvalue weighted by Gasteiger charge is 2.28. The van der Waals surface area contributed by atoms with E-state index in [2.05, 4.69) is 22.0 Å². The molecule has 0 aliphatic carbocycles. The van der Waals surface area contributed by atoms with Gasteiger partial charge in [-0.15, -0.1) is 0 Å². The average Bonchev–Trinajstić information content (AvgIpc) is 3.09. The van der Waals surface area contributed by atoms with Gasteiger partial charge in [-0.05, 0) is 12.0 Å². The van der Waals surface area contributed by atoms with Gasteiger partial charge in [-0.1, -0.05) is 41.7 Å². The number of nitrogens with zero attached hydrogens (tertiary/aromatic N) is 2. The number of carbonyl (C=O) groups is 1. The molecule has 1 aliphatic rings. The van der Waals surface area contributed by atoms with Crippen LogP contribution in [0, 0.1) is 5.92 Å². The number of benzene rings is 1. The number of anilines is 1. The second kappa shape index (κ2) is 5.01. The average molecular weight is 273 g/mol. The predicted octanol–water partition coefficient (Wildman–Crippen LogP) is 2.12. The van der Waals surface area contributed by atoms with E-state index in [1.54, 1.807) is 11.3 Å². The molecule has 1 amide bonds. The summed E-state index contributed by atoms with van der Waals surface area (Å²) in [6, 6.07) is 10.2. The summed E-state index contributed by atoms with van der Waals surface area (Å²) in [5.41, 5.74) is 6.53. The SMILES string of the molecule is NC(=O)C1CCN(c2ncc(-c3ccccc3)s2)C1. The van der Waals surface area contributed by atoms with Crippen molar-refractivity contribution in [3.05, 3.63) is 36.5 Å². The van der Waals surface area contributed by atoms with Crippen LogP contribution >= 0.6 is 11.3 Å². The molecule has 1 unspecified atom stereocenters. The Balaban J connectivity index is 1.78. The van der Waals surface area contributed by atoms with Crippen LogP contribution in [0.2, 0.25) is 0 Å². The number of nitrogens with two attached hydrogens (primary N) is 1. The highest BCUT2D eigenvalue weighted by molar-refractivity contribution is 7.18. The molecule has 1 saturated heterocycles. The highest BCUT2D eigenvalue weighted by Crippen LogP contribution is 2.33. The van der Waals surface area contributed by atoms with E-state index in [0.717, 1.165) is 23.0 Å². The fraction of sp³-hybridized carbons (Fsp3) is 0.286. The van der Waals surface area contributed by atoms with E-state index in [1.165, 1.54) is 5.56 Å². The molecule has 0 radical (unpaired) electrons. The van der Waals surface area contributed by atoms with Gasteiger partial charge in [0.25, 0.3) is 0 Å². The Hall–Kier alpha value is -1.88. The van der Waals surface area contributed by atoms with E-state index in [9.17, 15) is 4.79 Å². The lowest BCUT2D eigenvalue weighted by Crippen LogP contribution is -2.27. The first-order valence-corrected chi connectivity index (χ1v) is 7.11. The molecule has 2 aromatic rings. The second-order valence-corrected chi connectivity index (χ2v) is 5.72. The number of hydrogen-bond acceptors (Lipinski definition) is 4. The van der Waals surface area contributed by atoms with E-state index in [-0.39, 0.29) is 11.8 Å². The van der Waals surface area contributed by atoms with Crippen molar-refractivity contribution in [3.63, 3.8) is 0 Å². The van der Waals surface area contributed by atoms with Crippen molar-refractivity contribution in [1.82, 2.24) is 4.98 Å². The Morgan fingerprint density at radius 2 is 2.16 bits per heavy atom. The molecule has 2 heterocycles. The van der Waals surface area contributed by atoms with Crippen molar-refractivity contribution in [1.29, 1.82) is 0 Å². The lowest BCUT2D eigenvalue weighted by Gasteiger charge is -2.13. The van der Waals surface area contributed by atoms with E-state index < -0.39 is 0 Å². The van der Waals surface area contributed by atoms with Gasteiger partial charge in [0.15, 0.2) is 5.13 Å². The minimum atomic E-state index is -0.206. The largest absolute Gasteiger partial charge is 0.369 e. The molecule has 0 bridgehead atoms. The van der Waals surface area contributed by atoms with Gasteiger partial charge in [0.2, 0.25) is 5.91 Å². The maximum atomic E-state index is 11.2. The zero-order valence-corrected chi connectivity index (χ0v) is 11.3. The maximum Gasteiger partial charge on any atom is 0.222 e. The molecular weight excluding hydrogens is 258 g/mol. The summed E-state index contributed by atoms with van der Waals surface area (Å²) in [6.07, 6.45) is 2.72. The Labute approximate surface area is 115 Å². The molecular formula is C14H15N3OS. The Morgan fingerprint density at radius 3 is 2.84 bits per heavy atom. The van der Waals surface area contributed by atoms with E-state index in [4.69, 9.17) is 5.73 Å². The first kappa shape index (κ1) is 12.2.